The minimum absolute atomic E-state index is 0.220. The second-order valence-electron chi connectivity index (χ2n) is 6.39. The van der Waals surface area contributed by atoms with Crippen molar-refractivity contribution in [3.05, 3.63) is 65.0 Å². The lowest BCUT2D eigenvalue weighted by molar-refractivity contribution is 0.313. The molecule has 4 rings (SSSR count). The summed E-state index contributed by atoms with van der Waals surface area (Å²) in [5.41, 5.74) is 5.84. The first kappa shape index (κ1) is 15.1. The van der Waals surface area contributed by atoms with Crippen LogP contribution in [0.2, 0.25) is 0 Å². The van der Waals surface area contributed by atoms with Crippen molar-refractivity contribution >= 4 is 0 Å². The Morgan fingerprint density at radius 3 is 2.79 bits per heavy atom. The number of hydrogen-bond donors (Lipinski definition) is 1. The van der Waals surface area contributed by atoms with Crippen LogP contribution in [-0.2, 0) is 25.9 Å². The summed E-state index contributed by atoms with van der Waals surface area (Å²) < 4.78 is 15.2. The smallest absolute Gasteiger partial charge is 0.123 e. The Hall–Kier alpha value is -2.47. The third-order valence-electron chi connectivity index (χ3n) is 4.51. The third kappa shape index (κ3) is 2.85. The van der Waals surface area contributed by atoms with E-state index in [9.17, 15) is 4.39 Å². The van der Waals surface area contributed by atoms with Gasteiger partial charge in [-0.1, -0.05) is 0 Å². The largest absolute Gasteiger partial charge is 0.296 e. The monoisotopic (exact) mass is 325 g/mol. The summed E-state index contributed by atoms with van der Waals surface area (Å²) in [5, 5.41) is 11.7. The molecule has 0 spiro atoms. The maximum absolute atomic E-state index is 13.2. The van der Waals surface area contributed by atoms with Crippen LogP contribution in [0.5, 0.6) is 0 Å². The average molecular weight is 325 g/mol. The number of hydrogen-bond acceptors (Lipinski definition) is 3. The molecule has 1 N–H and O–H groups in total. The zero-order chi connectivity index (χ0) is 16.5. The molecule has 0 amide bonds. The van der Waals surface area contributed by atoms with Crippen LogP contribution < -0.4 is 0 Å². The summed E-state index contributed by atoms with van der Waals surface area (Å²) in [6, 6.07) is 6.56. The van der Waals surface area contributed by atoms with Crippen molar-refractivity contribution in [1.82, 2.24) is 24.9 Å². The molecule has 0 aliphatic heterocycles. The van der Waals surface area contributed by atoms with Gasteiger partial charge in [-0.05, 0) is 56.1 Å². The Kier molecular flexibility index (Phi) is 3.90. The molecule has 124 valence electrons. The maximum Gasteiger partial charge on any atom is 0.123 e. The molecule has 0 radical (unpaired) electrons. The van der Waals surface area contributed by atoms with E-state index in [1.54, 1.807) is 12.1 Å². The molecular weight excluding hydrogens is 305 g/mol. The SMILES string of the molecule is CN(Cc1cn[nH]c1)Cc1nn(-c2ccc(F)cc2)c2c1CCC2. The van der Waals surface area contributed by atoms with Crippen LogP contribution >= 0.6 is 0 Å². The Labute approximate surface area is 140 Å². The number of aromatic nitrogens is 4. The lowest BCUT2D eigenvalue weighted by Crippen LogP contribution is -2.18. The fourth-order valence-electron chi connectivity index (χ4n) is 3.42. The number of halogens is 1. The van der Waals surface area contributed by atoms with Crippen molar-refractivity contribution in [2.24, 2.45) is 0 Å². The summed E-state index contributed by atoms with van der Waals surface area (Å²) in [6.45, 7) is 1.62. The van der Waals surface area contributed by atoms with Gasteiger partial charge in [-0.25, -0.2) is 9.07 Å². The summed E-state index contributed by atoms with van der Waals surface area (Å²) >= 11 is 0. The van der Waals surface area contributed by atoms with Crippen molar-refractivity contribution in [2.75, 3.05) is 7.05 Å². The first-order valence-corrected chi connectivity index (χ1v) is 8.22. The van der Waals surface area contributed by atoms with Crippen LogP contribution in [0.4, 0.5) is 4.39 Å². The quantitative estimate of drug-likeness (QED) is 0.785. The highest BCUT2D eigenvalue weighted by atomic mass is 19.1. The van der Waals surface area contributed by atoms with E-state index in [1.165, 1.54) is 23.4 Å². The van der Waals surface area contributed by atoms with Crippen LogP contribution in [0.1, 0.15) is 28.9 Å². The van der Waals surface area contributed by atoms with Crippen LogP contribution in [-0.4, -0.2) is 31.9 Å². The normalized spacial score (nSPS) is 13.6. The number of nitrogens with one attached hydrogen (secondary N) is 1. The van der Waals surface area contributed by atoms with Gasteiger partial charge in [-0.15, -0.1) is 0 Å². The van der Waals surface area contributed by atoms with Crippen molar-refractivity contribution < 1.29 is 4.39 Å². The Balaban J connectivity index is 1.60. The Morgan fingerprint density at radius 1 is 1.21 bits per heavy atom. The summed E-state index contributed by atoms with van der Waals surface area (Å²) in [5.74, 6) is -0.220. The molecule has 2 heterocycles. The number of nitrogens with zero attached hydrogens (tertiary/aromatic N) is 4. The molecule has 0 bridgehead atoms. The van der Waals surface area contributed by atoms with E-state index in [4.69, 9.17) is 5.10 Å². The van der Waals surface area contributed by atoms with Gasteiger partial charge in [0.1, 0.15) is 5.82 Å². The Bertz CT molecular complexity index is 820. The number of rotatable bonds is 5. The zero-order valence-electron chi connectivity index (χ0n) is 13.7. The number of fused-ring (bicyclic) bond motifs is 1. The van der Waals surface area contributed by atoms with Gasteiger partial charge in [0.05, 0.1) is 17.6 Å². The molecule has 24 heavy (non-hydrogen) atoms. The van der Waals surface area contributed by atoms with Crippen molar-refractivity contribution in [2.45, 2.75) is 32.4 Å². The molecule has 3 aromatic rings. The molecular formula is C18H20FN5. The lowest BCUT2D eigenvalue weighted by atomic mass is 10.2. The van der Waals surface area contributed by atoms with Crippen molar-refractivity contribution in [1.29, 1.82) is 0 Å². The first-order chi connectivity index (χ1) is 11.7. The number of aromatic amines is 1. The van der Waals surface area contributed by atoms with E-state index in [0.29, 0.717) is 0 Å². The molecule has 0 saturated heterocycles. The molecule has 5 nitrogen and oxygen atoms in total. The molecule has 6 heteroatoms. The summed E-state index contributed by atoms with van der Waals surface area (Å²) in [6.07, 6.45) is 7.03. The van der Waals surface area contributed by atoms with E-state index >= 15 is 0 Å². The van der Waals surface area contributed by atoms with E-state index in [1.807, 2.05) is 17.1 Å². The van der Waals surface area contributed by atoms with Gasteiger partial charge in [0.2, 0.25) is 0 Å². The van der Waals surface area contributed by atoms with Crippen LogP contribution in [0.3, 0.4) is 0 Å². The molecule has 0 unspecified atom stereocenters. The molecule has 1 aromatic carbocycles. The van der Waals surface area contributed by atoms with Gasteiger partial charge < -0.3 is 0 Å². The minimum atomic E-state index is -0.220. The second kappa shape index (κ2) is 6.20. The molecule has 0 atom stereocenters. The van der Waals surface area contributed by atoms with Crippen LogP contribution in [0.15, 0.2) is 36.7 Å². The van der Waals surface area contributed by atoms with E-state index < -0.39 is 0 Å². The average Bonchev–Trinajstić information content (AvgIpc) is 3.28. The van der Waals surface area contributed by atoms with Gasteiger partial charge in [0, 0.05) is 30.5 Å². The topological polar surface area (TPSA) is 49.7 Å². The fourth-order valence-corrected chi connectivity index (χ4v) is 3.42. The zero-order valence-corrected chi connectivity index (χ0v) is 13.7. The maximum atomic E-state index is 13.2. The summed E-state index contributed by atoms with van der Waals surface area (Å²) in [4.78, 5) is 2.24. The summed E-state index contributed by atoms with van der Waals surface area (Å²) in [7, 11) is 2.09. The van der Waals surface area contributed by atoms with E-state index in [-0.39, 0.29) is 5.82 Å². The van der Waals surface area contributed by atoms with Crippen LogP contribution in [0.25, 0.3) is 5.69 Å². The van der Waals surface area contributed by atoms with E-state index in [0.717, 1.165) is 49.3 Å². The second-order valence-corrected chi connectivity index (χ2v) is 6.39. The molecule has 0 fully saturated rings. The first-order valence-electron chi connectivity index (χ1n) is 8.22. The third-order valence-corrected chi connectivity index (χ3v) is 4.51. The number of benzene rings is 1. The van der Waals surface area contributed by atoms with Crippen molar-refractivity contribution in [3.8, 4) is 5.69 Å². The predicted molar refractivity (Wildman–Crippen MR) is 89.3 cm³/mol. The van der Waals surface area contributed by atoms with Gasteiger partial charge in [0.25, 0.3) is 0 Å². The van der Waals surface area contributed by atoms with Gasteiger partial charge in [-0.3, -0.25) is 10.00 Å². The van der Waals surface area contributed by atoms with E-state index in [2.05, 4.69) is 22.1 Å². The minimum Gasteiger partial charge on any atom is -0.296 e. The standard InChI is InChI=1S/C18H20FN5/c1-23(11-13-9-20-21-10-13)12-17-16-3-2-4-18(16)24(22-17)15-7-5-14(19)6-8-15/h5-10H,2-4,11-12H2,1H3,(H,20,21). The fraction of sp³-hybridized carbons (Fsp3) is 0.333. The molecule has 1 aliphatic carbocycles. The molecule has 2 aromatic heterocycles. The number of H-pyrrole nitrogens is 1. The highest BCUT2D eigenvalue weighted by molar-refractivity contribution is 5.40. The van der Waals surface area contributed by atoms with Gasteiger partial charge >= 0.3 is 0 Å². The molecule has 1 aliphatic rings. The molecule has 0 saturated carbocycles. The van der Waals surface area contributed by atoms with Gasteiger partial charge in [0.15, 0.2) is 0 Å². The highest BCUT2D eigenvalue weighted by Gasteiger charge is 2.23. The highest BCUT2D eigenvalue weighted by Crippen LogP contribution is 2.28. The Morgan fingerprint density at radius 2 is 2.04 bits per heavy atom. The predicted octanol–water partition coefficient (Wildman–Crippen LogP) is 2.86. The van der Waals surface area contributed by atoms with Gasteiger partial charge in [-0.2, -0.15) is 10.2 Å². The van der Waals surface area contributed by atoms with Crippen LogP contribution in [0, 0.1) is 5.82 Å². The lowest BCUT2D eigenvalue weighted by Gasteiger charge is -2.14. The van der Waals surface area contributed by atoms with Crippen molar-refractivity contribution in [3.63, 3.8) is 0 Å².